The number of ketones is 1. The molecule has 2 aromatic carbocycles. The van der Waals surface area contributed by atoms with E-state index in [0.717, 1.165) is 24.0 Å². The van der Waals surface area contributed by atoms with E-state index >= 15 is 0 Å². The molecule has 1 heterocycles. The molecule has 0 spiro atoms. The zero-order valence-corrected chi connectivity index (χ0v) is 14.5. The van der Waals surface area contributed by atoms with Crippen molar-refractivity contribution in [1.29, 1.82) is 0 Å². The van der Waals surface area contributed by atoms with Gasteiger partial charge < -0.3 is 10.5 Å². The molecule has 1 atom stereocenters. The number of methoxy groups -OCH3 is 1. The van der Waals surface area contributed by atoms with Crippen molar-refractivity contribution in [1.82, 2.24) is 0 Å². The molecule has 0 aromatic heterocycles. The van der Waals surface area contributed by atoms with E-state index in [-0.39, 0.29) is 11.7 Å². The molecule has 25 heavy (non-hydrogen) atoms. The lowest BCUT2D eigenvalue weighted by Crippen LogP contribution is -2.45. The van der Waals surface area contributed by atoms with Crippen molar-refractivity contribution in [3.05, 3.63) is 71.8 Å². The van der Waals surface area contributed by atoms with Gasteiger partial charge in [0.05, 0.1) is 5.84 Å². The Balaban J connectivity index is 2.06. The summed E-state index contributed by atoms with van der Waals surface area (Å²) in [5.74, 6) is 0.646. The Morgan fingerprint density at radius 3 is 2.16 bits per heavy atom. The van der Waals surface area contributed by atoms with Gasteiger partial charge in [-0.3, -0.25) is 4.79 Å². The Morgan fingerprint density at radius 1 is 1.08 bits per heavy atom. The third-order valence-electron chi connectivity index (χ3n) is 4.83. The van der Waals surface area contributed by atoms with Crippen molar-refractivity contribution in [3.63, 3.8) is 0 Å². The molecule has 0 fully saturated rings. The smallest absolute Gasteiger partial charge is 0.171 e. The first-order valence-electron chi connectivity index (χ1n) is 8.67. The van der Waals surface area contributed by atoms with Gasteiger partial charge in [0.15, 0.2) is 11.3 Å². The largest absolute Gasteiger partial charge is 0.387 e. The van der Waals surface area contributed by atoms with Gasteiger partial charge in [-0.25, -0.2) is 4.99 Å². The van der Waals surface area contributed by atoms with E-state index in [9.17, 15) is 4.79 Å². The van der Waals surface area contributed by atoms with Gasteiger partial charge in [-0.2, -0.15) is 0 Å². The maximum absolute atomic E-state index is 13.3. The summed E-state index contributed by atoms with van der Waals surface area (Å²) in [6.07, 6.45) is 2.09. The number of nitrogens with two attached hydrogens (primary N) is 1. The Labute approximate surface area is 148 Å². The van der Waals surface area contributed by atoms with Gasteiger partial charge in [0.2, 0.25) is 0 Å². The predicted molar refractivity (Wildman–Crippen MR) is 99.5 cm³/mol. The van der Waals surface area contributed by atoms with E-state index in [1.165, 1.54) is 0 Å². The van der Waals surface area contributed by atoms with Crippen LogP contribution in [0.15, 0.2) is 65.7 Å². The summed E-state index contributed by atoms with van der Waals surface area (Å²) in [4.78, 5) is 18.1. The third kappa shape index (κ3) is 3.35. The van der Waals surface area contributed by atoms with Gasteiger partial charge >= 0.3 is 0 Å². The number of hydrogen-bond donors (Lipinski definition) is 1. The summed E-state index contributed by atoms with van der Waals surface area (Å²) in [6.45, 7) is 0.667. The fourth-order valence-corrected chi connectivity index (χ4v) is 3.52. The molecule has 3 rings (SSSR count). The summed E-state index contributed by atoms with van der Waals surface area (Å²) in [5, 5.41) is 0. The number of ether oxygens (including phenoxy) is 1. The van der Waals surface area contributed by atoms with Crippen LogP contribution < -0.4 is 5.73 Å². The maximum Gasteiger partial charge on any atom is 0.171 e. The molecule has 0 radical (unpaired) electrons. The van der Waals surface area contributed by atoms with Crippen molar-refractivity contribution < 1.29 is 9.53 Å². The molecule has 1 aliphatic heterocycles. The van der Waals surface area contributed by atoms with Crippen LogP contribution in [0.25, 0.3) is 0 Å². The van der Waals surface area contributed by atoms with Crippen LogP contribution in [0.3, 0.4) is 0 Å². The molecule has 0 saturated carbocycles. The minimum absolute atomic E-state index is 0.0109. The number of rotatable bonds is 6. The van der Waals surface area contributed by atoms with Crippen LogP contribution in [0.4, 0.5) is 0 Å². The molecule has 1 aliphatic rings. The minimum atomic E-state index is -1.04. The van der Waals surface area contributed by atoms with Crippen molar-refractivity contribution in [2.24, 2.45) is 16.6 Å². The number of carbonyl (C=O) groups excluding carboxylic acids is 1. The van der Waals surface area contributed by atoms with E-state index < -0.39 is 5.54 Å². The second-order valence-electron chi connectivity index (χ2n) is 6.44. The number of Topliss-reactive ketones (excluding diaryl/α,β-unsaturated/α-hetero) is 1. The Hall–Kier alpha value is -2.46. The SMILES string of the molecule is COCCCC1CC(=O)C(c2ccccc2)(c2ccccc2)N=C1N. The average Bonchev–Trinajstić information content (AvgIpc) is 2.66. The van der Waals surface area contributed by atoms with Crippen LogP contribution in [0.2, 0.25) is 0 Å². The molecule has 4 nitrogen and oxygen atoms in total. The number of nitrogens with zero attached hydrogens (tertiary/aromatic N) is 1. The van der Waals surface area contributed by atoms with Crippen molar-refractivity contribution >= 4 is 11.6 Å². The van der Waals surface area contributed by atoms with Crippen LogP contribution in [0.1, 0.15) is 30.4 Å². The second-order valence-corrected chi connectivity index (χ2v) is 6.44. The summed E-state index contributed by atoms with van der Waals surface area (Å²) >= 11 is 0. The molecule has 130 valence electrons. The first kappa shape index (κ1) is 17.4. The van der Waals surface area contributed by atoms with Gasteiger partial charge in [0.25, 0.3) is 0 Å². The number of aliphatic imine (C=N–C) groups is 1. The average molecular weight is 336 g/mol. The van der Waals surface area contributed by atoms with Crippen molar-refractivity contribution in [3.8, 4) is 0 Å². The second kappa shape index (κ2) is 7.62. The van der Waals surface area contributed by atoms with E-state index in [2.05, 4.69) is 0 Å². The highest BCUT2D eigenvalue weighted by molar-refractivity contribution is 6.02. The highest BCUT2D eigenvalue weighted by atomic mass is 16.5. The highest BCUT2D eigenvalue weighted by Crippen LogP contribution is 2.40. The molecule has 0 bridgehead atoms. The number of hydrogen-bond acceptors (Lipinski definition) is 4. The highest BCUT2D eigenvalue weighted by Gasteiger charge is 2.45. The first-order valence-corrected chi connectivity index (χ1v) is 8.67. The Bertz CT molecular complexity index is 702. The van der Waals surface area contributed by atoms with E-state index in [1.807, 2.05) is 60.7 Å². The fraction of sp³-hybridized carbons (Fsp3) is 0.333. The molecule has 1 unspecified atom stereocenters. The Morgan fingerprint density at radius 2 is 1.64 bits per heavy atom. The third-order valence-corrected chi connectivity index (χ3v) is 4.83. The molecule has 2 aromatic rings. The lowest BCUT2D eigenvalue weighted by Gasteiger charge is -2.36. The summed E-state index contributed by atoms with van der Waals surface area (Å²) in [7, 11) is 1.68. The zero-order chi connectivity index (χ0) is 17.7. The van der Waals surface area contributed by atoms with Crippen LogP contribution in [-0.2, 0) is 15.1 Å². The van der Waals surface area contributed by atoms with E-state index in [0.29, 0.717) is 18.9 Å². The van der Waals surface area contributed by atoms with E-state index in [1.54, 1.807) is 7.11 Å². The van der Waals surface area contributed by atoms with Crippen LogP contribution in [0, 0.1) is 5.92 Å². The van der Waals surface area contributed by atoms with E-state index in [4.69, 9.17) is 15.5 Å². The topological polar surface area (TPSA) is 64.7 Å². The zero-order valence-electron chi connectivity index (χ0n) is 14.5. The van der Waals surface area contributed by atoms with Gasteiger partial charge in [0, 0.05) is 26.1 Å². The maximum atomic E-state index is 13.3. The molecular weight excluding hydrogens is 312 g/mol. The molecule has 2 N–H and O–H groups in total. The minimum Gasteiger partial charge on any atom is -0.387 e. The lowest BCUT2D eigenvalue weighted by molar-refractivity contribution is -0.124. The monoisotopic (exact) mass is 336 g/mol. The summed E-state index contributed by atoms with van der Waals surface area (Å²) < 4.78 is 5.11. The van der Waals surface area contributed by atoms with Crippen LogP contribution in [-0.4, -0.2) is 25.3 Å². The molecule has 0 saturated heterocycles. The van der Waals surface area contributed by atoms with Crippen LogP contribution in [0.5, 0.6) is 0 Å². The van der Waals surface area contributed by atoms with Gasteiger partial charge in [-0.15, -0.1) is 0 Å². The number of benzene rings is 2. The fourth-order valence-electron chi connectivity index (χ4n) is 3.52. The predicted octanol–water partition coefficient (Wildman–Crippen LogP) is 3.30. The van der Waals surface area contributed by atoms with Gasteiger partial charge in [-0.05, 0) is 24.0 Å². The van der Waals surface area contributed by atoms with Gasteiger partial charge in [0.1, 0.15) is 0 Å². The quantitative estimate of drug-likeness (QED) is 0.823. The molecular formula is C21H24N2O2. The van der Waals surface area contributed by atoms with Gasteiger partial charge in [-0.1, -0.05) is 60.7 Å². The van der Waals surface area contributed by atoms with Crippen molar-refractivity contribution in [2.75, 3.05) is 13.7 Å². The number of carbonyl (C=O) groups is 1. The number of amidine groups is 1. The first-order chi connectivity index (χ1) is 12.2. The molecule has 4 heteroatoms. The van der Waals surface area contributed by atoms with Crippen LogP contribution >= 0.6 is 0 Å². The molecule has 0 aliphatic carbocycles. The van der Waals surface area contributed by atoms with Crippen molar-refractivity contribution in [2.45, 2.75) is 24.8 Å². The standard InChI is InChI=1S/C21H24N2O2/c1-25-14-8-9-16-15-19(24)21(23-20(16)22,17-10-4-2-5-11-17)18-12-6-3-7-13-18/h2-7,10-13,16H,8-9,14-15H2,1H3,(H2,22,23). The summed E-state index contributed by atoms with van der Waals surface area (Å²) in [6, 6.07) is 19.4. The summed E-state index contributed by atoms with van der Waals surface area (Å²) in [5.41, 5.74) is 7.02. The Kier molecular flexibility index (Phi) is 5.29. The molecule has 0 amide bonds. The lowest BCUT2D eigenvalue weighted by atomic mass is 9.74. The normalized spacial score (nSPS) is 19.5.